The molecule has 1 aromatic heterocycles. The molecule has 0 fully saturated rings. The maximum absolute atomic E-state index is 12.9. The smallest absolute Gasteiger partial charge is 0.266 e. The number of rotatable bonds is 4. The summed E-state index contributed by atoms with van der Waals surface area (Å²) in [5.41, 5.74) is 0. The second-order valence-electron chi connectivity index (χ2n) is 3.51. The fourth-order valence-electron chi connectivity index (χ4n) is 1.29. The molecule has 0 saturated heterocycles. The Hall–Kier alpha value is -1.95. The van der Waals surface area contributed by atoms with Gasteiger partial charge in [-0.25, -0.2) is 9.37 Å². The molecule has 4 nitrogen and oxygen atoms in total. The first-order valence-corrected chi connectivity index (χ1v) is 6.09. The molecule has 1 amide bonds. The van der Waals surface area contributed by atoms with Crippen LogP contribution in [0.3, 0.4) is 0 Å². The first-order valence-electron chi connectivity index (χ1n) is 5.21. The predicted octanol–water partition coefficient (Wildman–Crippen LogP) is 2.32. The van der Waals surface area contributed by atoms with E-state index in [1.165, 1.54) is 34.4 Å². The van der Waals surface area contributed by atoms with Crippen molar-refractivity contribution < 1.29 is 13.9 Å². The van der Waals surface area contributed by atoms with Crippen molar-refractivity contribution in [2.45, 2.75) is 0 Å². The molecule has 0 unspecified atom stereocenters. The summed E-state index contributed by atoms with van der Waals surface area (Å²) in [6.07, 6.45) is 1.62. The van der Waals surface area contributed by atoms with E-state index in [4.69, 9.17) is 4.74 Å². The number of carbonyl (C=O) groups excluding carboxylic acids is 1. The molecule has 0 radical (unpaired) electrons. The van der Waals surface area contributed by atoms with Gasteiger partial charge in [0.05, 0.1) is 0 Å². The number of likely N-dealkylation sites (N-methyl/N-ethyl adjacent to an activating group) is 1. The number of ether oxygens (including phenoxy) is 1. The third kappa shape index (κ3) is 3.04. The molecule has 2 aromatic rings. The molecule has 0 N–H and O–H groups in total. The van der Waals surface area contributed by atoms with Crippen molar-refractivity contribution in [2.24, 2.45) is 0 Å². The Bertz CT molecular complexity index is 531. The Kier molecular flexibility index (Phi) is 3.88. The summed E-state index contributed by atoms with van der Waals surface area (Å²) < 4.78 is 18.1. The lowest BCUT2D eigenvalue weighted by Crippen LogP contribution is -2.31. The van der Waals surface area contributed by atoms with E-state index in [2.05, 4.69) is 4.98 Å². The van der Waals surface area contributed by atoms with Crippen LogP contribution in [-0.2, 0) is 4.79 Å². The van der Waals surface area contributed by atoms with Crippen LogP contribution >= 0.6 is 11.3 Å². The maximum Gasteiger partial charge on any atom is 0.266 e. The minimum Gasteiger partial charge on any atom is -0.484 e. The molecule has 0 aliphatic heterocycles. The summed E-state index contributed by atoms with van der Waals surface area (Å²) in [5, 5.41) is 2.38. The zero-order chi connectivity index (χ0) is 13.0. The quantitative estimate of drug-likeness (QED) is 0.853. The van der Waals surface area contributed by atoms with Crippen LogP contribution in [0.15, 0.2) is 35.8 Å². The van der Waals surface area contributed by atoms with E-state index >= 15 is 0 Å². The average molecular weight is 266 g/mol. The Balaban J connectivity index is 1.92. The molecule has 0 bridgehead atoms. The summed E-state index contributed by atoms with van der Waals surface area (Å²) in [6, 6.07) is 5.67. The van der Waals surface area contributed by atoms with Crippen LogP contribution < -0.4 is 9.64 Å². The molecule has 1 aromatic carbocycles. The number of carbonyl (C=O) groups is 1. The van der Waals surface area contributed by atoms with Crippen LogP contribution in [0.25, 0.3) is 0 Å². The fraction of sp³-hybridized carbons (Fsp3) is 0.167. The number of benzene rings is 1. The van der Waals surface area contributed by atoms with Crippen molar-refractivity contribution in [2.75, 3.05) is 18.6 Å². The van der Waals surface area contributed by atoms with Gasteiger partial charge in [0.25, 0.3) is 5.91 Å². The van der Waals surface area contributed by atoms with E-state index in [1.807, 2.05) is 0 Å². The zero-order valence-corrected chi connectivity index (χ0v) is 10.5. The number of thiazole rings is 1. The lowest BCUT2D eigenvalue weighted by molar-refractivity contribution is -0.120. The largest absolute Gasteiger partial charge is 0.484 e. The summed E-state index contributed by atoms with van der Waals surface area (Å²) in [6.45, 7) is -0.153. The van der Waals surface area contributed by atoms with E-state index in [0.717, 1.165) is 0 Å². The van der Waals surface area contributed by atoms with Crippen LogP contribution in [0.5, 0.6) is 5.75 Å². The summed E-state index contributed by atoms with van der Waals surface area (Å²) >= 11 is 1.36. The number of nitrogens with zero attached hydrogens (tertiary/aromatic N) is 2. The highest BCUT2D eigenvalue weighted by atomic mass is 32.1. The van der Waals surface area contributed by atoms with E-state index in [1.54, 1.807) is 24.7 Å². The van der Waals surface area contributed by atoms with Crippen molar-refractivity contribution in [3.63, 3.8) is 0 Å². The van der Waals surface area contributed by atoms with Gasteiger partial charge in [0.2, 0.25) is 0 Å². The maximum atomic E-state index is 12.9. The van der Waals surface area contributed by atoms with Crippen molar-refractivity contribution in [1.82, 2.24) is 4.98 Å². The summed E-state index contributed by atoms with van der Waals surface area (Å²) in [5.74, 6) is -0.307. The van der Waals surface area contributed by atoms with Crippen LogP contribution in [0.4, 0.5) is 9.52 Å². The van der Waals surface area contributed by atoms with Gasteiger partial charge in [-0.1, -0.05) is 6.07 Å². The lowest BCUT2D eigenvalue weighted by Gasteiger charge is -2.14. The van der Waals surface area contributed by atoms with Crippen LogP contribution in [0.1, 0.15) is 0 Å². The second-order valence-corrected chi connectivity index (χ2v) is 4.39. The molecule has 6 heteroatoms. The van der Waals surface area contributed by atoms with Crippen molar-refractivity contribution in [3.8, 4) is 5.75 Å². The zero-order valence-electron chi connectivity index (χ0n) is 9.67. The van der Waals surface area contributed by atoms with Crippen molar-refractivity contribution in [3.05, 3.63) is 41.7 Å². The minimum absolute atomic E-state index is 0.153. The molecule has 0 saturated carbocycles. The summed E-state index contributed by atoms with van der Waals surface area (Å²) in [4.78, 5) is 17.2. The third-order valence-corrected chi connectivity index (χ3v) is 3.09. The van der Waals surface area contributed by atoms with Gasteiger partial charge in [-0.3, -0.25) is 9.69 Å². The van der Waals surface area contributed by atoms with Gasteiger partial charge in [-0.05, 0) is 12.1 Å². The normalized spacial score (nSPS) is 10.1. The number of aromatic nitrogens is 1. The van der Waals surface area contributed by atoms with E-state index in [-0.39, 0.29) is 12.5 Å². The number of hydrogen-bond acceptors (Lipinski definition) is 4. The number of hydrogen-bond donors (Lipinski definition) is 0. The Morgan fingerprint density at radius 3 is 3.06 bits per heavy atom. The molecular formula is C12H11FN2O2S. The van der Waals surface area contributed by atoms with Gasteiger partial charge < -0.3 is 4.74 Å². The van der Waals surface area contributed by atoms with Gasteiger partial charge in [0.15, 0.2) is 11.7 Å². The highest BCUT2D eigenvalue weighted by Gasteiger charge is 2.13. The molecular weight excluding hydrogens is 255 g/mol. The molecule has 0 atom stereocenters. The van der Waals surface area contributed by atoms with Gasteiger partial charge in [-0.2, -0.15) is 0 Å². The van der Waals surface area contributed by atoms with Gasteiger partial charge in [0.1, 0.15) is 11.6 Å². The Morgan fingerprint density at radius 2 is 2.39 bits per heavy atom. The first kappa shape index (κ1) is 12.5. The van der Waals surface area contributed by atoms with Gasteiger partial charge in [-0.15, -0.1) is 11.3 Å². The molecule has 0 aliphatic carbocycles. The fourth-order valence-corrected chi connectivity index (χ4v) is 1.91. The molecule has 1 heterocycles. The van der Waals surface area contributed by atoms with E-state index in [9.17, 15) is 9.18 Å². The molecule has 0 aliphatic rings. The van der Waals surface area contributed by atoms with Crippen LogP contribution in [0.2, 0.25) is 0 Å². The topological polar surface area (TPSA) is 42.4 Å². The molecule has 2 rings (SSSR count). The number of halogens is 1. The van der Waals surface area contributed by atoms with Gasteiger partial charge >= 0.3 is 0 Å². The SMILES string of the molecule is CN(C(=O)COc1cccc(F)c1)c1nccs1. The molecule has 94 valence electrons. The molecule has 0 spiro atoms. The monoisotopic (exact) mass is 266 g/mol. The lowest BCUT2D eigenvalue weighted by atomic mass is 10.3. The minimum atomic E-state index is -0.395. The standard InChI is InChI=1S/C12H11FN2O2S/c1-15(12-14-5-6-18-12)11(16)8-17-10-4-2-3-9(13)7-10/h2-7H,8H2,1H3. The number of amides is 1. The van der Waals surface area contributed by atoms with E-state index in [0.29, 0.717) is 10.9 Å². The highest BCUT2D eigenvalue weighted by Crippen LogP contribution is 2.16. The number of anilines is 1. The third-order valence-electron chi connectivity index (χ3n) is 2.24. The summed E-state index contributed by atoms with van der Waals surface area (Å²) in [7, 11) is 1.62. The molecule has 18 heavy (non-hydrogen) atoms. The average Bonchev–Trinajstić information content (AvgIpc) is 2.89. The van der Waals surface area contributed by atoms with Crippen molar-refractivity contribution in [1.29, 1.82) is 0 Å². The Morgan fingerprint density at radius 1 is 1.56 bits per heavy atom. The van der Waals surface area contributed by atoms with Gasteiger partial charge in [0, 0.05) is 24.7 Å². The first-order chi connectivity index (χ1) is 8.66. The second kappa shape index (κ2) is 5.59. The van der Waals surface area contributed by atoms with Crippen molar-refractivity contribution >= 4 is 22.4 Å². The van der Waals surface area contributed by atoms with E-state index < -0.39 is 5.82 Å². The van der Waals surface area contributed by atoms with Crippen LogP contribution in [0, 0.1) is 5.82 Å². The highest BCUT2D eigenvalue weighted by molar-refractivity contribution is 7.13. The predicted molar refractivity (Wildman–Crippen MR) is 67.4 cm³/mol. The van der Waals surface area contributed by atoms with Crippen LogP contribution in [-0.4, -0.2) is 24.5 Å². The Labute approximate surface area is 108 Å².